The van der Waals surface area contributed by atoms with Crippen molar-refractivity contribution in [3.8, 4) is 0 Å². The molecule has 2 amide bonds. The first-order valence-electron chi connectivity index (χ1n) is 5.78. The SMILES string of the molecule is CC(=O)NCCC(=O)Nc1ccc(C(=O)O)c(C)c1. The molecule has 0 aliphatic rings. The molecule has 102 valence electrons. The number of aryl methyl sites for hydroxylation is 1. The summed E-state index contributed by atoms with van der Waals surface area (Å²) >= 11 is 0. The van der Waals surface area contributed by atoms with E-state index in [0.717, 1.165) is 0 Å². The molecule has 6 heteroatoms. The Labute approximate surface area is 110 Å². The van der Waals surface area contributed by atoms with E-state index in [9.17, 15) is 14.4 Å². The van der Waals surface area contributed by atoms with Crippen LogP contribution in [0.25, 0.3) is 0 Å². The van der Waals surface area contributed by atoms with Crippen molar-refractivity contribution in [2.45, 2.75) is 20.3 Å². The van der Waals surface area contributed by atoms with Gasteiger partial charge in [0.2, 0.25) is 11.8 Å². The van der Waals surface area contributed by atoms with E-state index in [2.05, 4.69) is 10.6 Å². The van der Waals surface area contributed by atoms with Crippen molar-refractivity contribution in [2.24, 2.45) is 0 Å². The smallest absolute Gasteiger partial charge is 0.335 e. The quantitative estimate of drug-likeness (QED) is 0.743. The van der Waals surface area contributed by atoms with Gasteiger partial charge in [-0.2, -0.15) is 0 Å². The molecule has 1 aromatic carbocycles. The largest absolute Gasteiger partial charge is 0.478 e. The molecule has 0 atom stereocenters. The number of anilines is 1. The maximum atomic E-state index is 11.5. The second-order valence-corrected chi connectivity index (χ2v) is 4.12. The standard InChI is InChI=1S/C13H16N2O4/c1-8-7-10(3-4-11(8)13(18)19)15-12(17)5-6-14-9(2)16/h3-4,7H,5-6H2,1-2H3,(H,14,16)(H,15,17)(H,18,19). The van der Waals surface area contributed by atoms with Crippen LogP contribution in [-0.2, 0) is 9.59 Å². The zero-order valence-corrected chi connectivity index (χ0v) is 10.8. The fourth-order valence-electron chi connectivity index (χ4n) is 1.56. The van der Waals surface area contributed by atoms with Crippen molar-refractivity contribution in [2.75, 3.05) is 11.9 Å². The van der Waals surface area contributed by atoms with Gasteiger partial charge in [-0.05, 0) is 30.7 Å². The maximum absolute atomic E-state index is 11.5. The third-order valence-corrected chi connectivity index (χ3v) is 2.47. The van der Waals surface area contributed by atoms with Crippen LogP contribution in [0.15, 0.2) is 18.2 Å². The first kappa shape index (κ1) is 14.7. The zero-order chi connectivity index (χ0) is 14.4. The molecule has 0 aliphatic carbocycles. The lowest BCUT2D eigenvalue weighted by atomic mass is 10.1. The lowest BCUT2D eigenvalue weighted by molar-refractivity contribution is -0.119. The van der Waals surface area contributed by atoms with Crippen LogP contribution in [-0.4, -0.2) is 29.4 Å². The Morgan fingerprint density at radius 2 is 1.95 bits per heavy atom. The van der Waals surface area contributed by atoms with Gasteiger partial charge >= 0.3 is 5.97 Å². The number of carbonyl (C=O) groups excluding carboxylic acids is 2. The Morgan fingerprint density at radius 1 is 1.26 bits per heavy atom. The monoisotopic (exact) mass is 264 g/mol. The Kier molecular flexibility index (Phi) is 5.05. The molecular formula is C13H16N2O4. The van der Waals surface area contributed by atoms with E-state index in [1.54, 1.807) is 13.0 Å². The summed E-state index contributed by atoms with van der Waals surface area (Å²) < 4.78 is 0. The number of carbonyl (C=O) groups is 3. The molecular weight excluding hydrogens is 248 g/mol. The summed E-state index contributed by atoms with van der Waals surface area (Å²) in [5.41, 5.74) is 1.32. The zero-order valence-electron chi connectivity index (χ0n) is 10.8. The fourth-order valence-corrected chi connectivity index (χ4v) is 1.56. The van der Waals surface area contributed by atoms with Crippen molar-refractivity contribution >= 4 is 23.5 Å². The summed E-state index contributed by atoms with van der Waals surface area (Å²) in [6.07, 6.45) is 0.166. The van der Waals surface area contributed by atoms with Gasteiger partial charge in [-0.15, -0.1) is 0 Å². The molecule has 0 aliphatic heterocycles. The Hall–Kier alpha value is -2.37. The van der Waals surface area contributed by atoms with Gasteiger partial charge in [0.05, 0.1) is 5.56 Å². The minimum absolute atomic E-state index is 0.166. The van der Waals surface area contributed by atoms with Gasteiger partial charge in [0.15, 0.2) is 0 Å². The molecule has 3 N–H and O–H groups in total. The molecule has 19 heavy (non-hydrogen) atoms. The summed E-state index contributed by atoms with van der Waals surface area (Å²) in [7, 11) is 0. The number of benzene rings is 1. The van der Waals surface area contributed by atoms with Gasteiger partial charge in [-0.3, -0.25) is 9.59 Å². The summed E-state index contributed by atoms with van der Waals surface area (Å²) in [4.78, 5) is 33.0. The van der Waals surface area contributed by atoms with Crippen LogP contribution in [0.2, 0.25) is 0 Å². The van der Waals surface area contributed by atoms with Gasteiger partial charge in [-0.1, -0.05) is 0 Å². The van der Waals surface area contributed by atoms with Crippen molar-refractivity contribution in [3.05, 3.63) is 29.3 Å². The van der Waals surface area contributed by atoms with Crippen molar-refractivity contribution in [1.82, 2.24) is 5.32 Å². The third kappa shape index (κ3) is 4.79. The second-order valence-electron chi connectivity index (χ2n) is 4.12. The average Bonchev–Trinajstić information content (AvgIpc) is 2.27. The number of hydrogen-bond acceptors (Lipinski definition) is 3. The molecule has 6 nitrogen and oxygen atoms in total. The molecule has 0 fully saturated rings. The molecule has 0 saturated carbocycles. The molecule has 0 bridgehead atoms. The first-order chi connectivity index (χ1) is 8.90. The maximum Gasteiger partial charge on any atom is 0.335 e. The number of carboxylic acids is 1. The van der Waals surface area contributed by atoms with Gasteiger partial charge < -0.3 is 15.7 Å². The molecule has 0 heterocycles. The number of amides is 2. The van der Waals surface area contributed by atoms with Crippen LogP contribution in [0.5, 0.6) is 0 Å². The predicted octanol–water partition coefficient (Wildman–Crippen LogP) is 1.16. The summed E-state index contributed by atoms with van der Waals surface area (Å²) in [5.74, 6) is -1.42. The van der Waals surface area contributed by atoms with E-state index in [1.807, 2.05) is 0 Å². The van der Waals surface area contributed by atoms with Gasteiger partial charge in [0.25, 0.3) is 0 Å². The van der Waals surface area contributed by atoms with Gasteiger partial charge in [0.1, 0.15) is 0 Å². The normalized spacial score (nSPS) is 9.79. The van der Waals surface area contributed by atoms with Crippen LogP contribution in [0.4, 0.5) is 5.69 Å². The number of hydrogen-bond donors (Lipinski definition) is 3. The second kappa shape index (κ2) is 6.53. The highest BCUT2D eigenvalue weighted by Gasteiger charge is 2.08. The Bertz CT molecular complexity index is 511. The van der Waals surface area contributed by atoms with E-state index < -0.39 is 5.97 Å². The van der Waals surface area contributed by atoms with Crippen LogP contribution in [0.3, 0.4) is 0 Å². The minimum atomic E-state index is -0.999. The van der Waals surface area contributed by atoms with E-state index >= 15 is 0 Å². The molecule has 1 rings (SSSR count). The lowest BCUT2D eigenvalue weighted by Gasteiger charge is -2.08. The molecule has 0 spiro atoms. The Morgan fingerprint density at radius 3 is 2.47 bits per heavy atom. The average molecular weight is 264 g/mol. The van der Waals surface area contributed by atoms with Crippen LogP contribution in [0, 0.1) is 6.92 Å². The molecule has 0 unspecified atom stereocenters. The molecule has 1 aromatic rings. The van der Waals surface area contributed by atoms with Gasteiger partial charge in [0, 0.05) is 25.6 Å². The topological polar surface area (TPSA) is 95.5 Å². The highest BCUT2D eigenvalue weighted by molar-refractivity contribution is 5.93. The molecule has 0 radical (unpaired) electrons. The van der Waals surface area contributed by atoms with Crippen LogP contribution < -0.4 is 10.6 Å². The van der Waals surface area contributed by atoms with E-state index in [-0.39, 0.29) is 30.3 Å². The third-order valence-electron chi connectivity index (χ3n) is 2.47. The fraction of sp³-hybridized carbons (Fsp3) is 0.308. The molecule has 0 saturated heterocycles. The minimum Gasteiger partial charge on any atom is -0.478 e. The van der Waals surface area contributed by atoms with E-state index in [0.29, 0.717) is 11.3 Å². The summed E-state index contributed by atoms with van der Waals surface area (Å²) in [6.45, 7) is 3.32. The van der Waals surface area contributed by atoms with Crippen LogP contribution in [0.1, 0.15) is 29.3 Å². The predicted molar refractivity (Wildman–Crippen MR) is 70.1 cm³/mol. The van der Waals surface area contributed by atoms with Crippen LogP contribution >= 0.6 is 0 Å². The highest BCUT2D eigenvalue weighted by Crippen LogP contribution is 2.15. The highest BCUT2D eigenvalue weighted by atomic mass is 16.4. The first-order valence-corrected chi connectivity index (χ1v) is 5.78. The number of carboxylic acid groups (broad SMARTS) is 1. The molecule has 0 aromatic heterocycles. The summed E-state index contributed by atoms with van der Waals surface area (Å²) in [5, 5.41) is 14.0. The van der Waals surface area contributed by atoms with Crippen molar-refractivity contribution in [3.63, 3.8) is 0 Å². The number of nitrogens with one attached hydrogen (secondary N) is 2. The lowest BCUT2D eigenvalue weighted by Crippen LogP contribution is -2.25. The summed E-state index contributed by atoms with van der Waals surface area (Å²) in [6, 6.07) is 4.58. The van der Waals surface area contributed by atoms with Gasteiger partial charge in [-0.25, -0.2) is 4.79 Å². The van der Waals surface area contributed by atoms with E-state index in [4.69, 9.17) is 5.11 Å². The Balaban J connectivity index is 2.58. The van der Waals surface area contributed by atoms with Crippen molar-refractivity contribution < 1.29 is 19.5 Å². The number of rotatable bonds is 5. The van der Waals surface area contributed by atoms with E-state index in [1.165, 1.54) is 19.1 Å². The number of aromatic carboxylic acids is 1. The van der Waals surface area contributed by atoms with Crippen molar-refractivity contribution in [1.29, 1.82) is 0 Å².